The molecule has 8 heteroatoms. The van der Waals surface area contributed by atoms with Crippen molar-refractivity contribution in [1.82, 2.24) is 19.2 Å². The van der Waals surface area contributed by atoms with E-state index in [1.807, 2.05) is 33.8 Å². The smallest absolute Gasteiger partial charge is 0.219 e. The third kappa shape index (κ3) is 5.44. The highest BCUT2D eigenvalue weighted by Gasteiger charge is 2.16. The number of carbonyl (C=O) groups is 1. The molecule has 0 saturated heterocycles. The van der Waals surface area contributed by atoms with Crippen LogP contribution in [0.5, 0.6) is 0 Å². The zero-order valence-electron chi connectivity index (χ0n) is 18.0. The van der Waals surface area contributed by atoms with Crippen molar-refractivity contribution >= 4 is 29.5 Å². The Bertz CT molecular complexity index is 1040. The lowest BCUT2D eigenvalue weighted by molar-refractivity contribution is -0.118. The molecule has 0 spiro atoms. The number of aromatic nitrogens is 3. The van der Waals surface area contributed by atoms with Gasteiger partial charge in [-0.25, -0.2) is 4.68 Å². The van der Waals surface area contributed by atoms with Gasteiger partial charge in [0.2, 0.25) is 5.91 Å². The molecule has 0 radical (unpaired) electrons. The summed E-state index contributed by atoms with van der Waals surface area (Å²) in [6, 6.07) is 12.7. The minimum atomic E-state index is -0.349. The summed E-state index contributed by atoms with van der Waals surface area (Å²) in [7, 11) is 2.05. The molecular weight excluding hydrogens is 414 g/mol. The molecule has 6 nitrogen and oxygen atoms in total. The van der Waals surface area contributed by atoms with Gasteiger partial charge in [0.25, 0.3) is 0 Å². The van der Waals surface area contributed by atoms with Crippen LogP contribution >= 0.6 is 23.6 Å². The van der Waals surface area contributed by atoms with Gasteiger partial charge in [-0.2, -0.15) is 0 Å². The van der Waals surface area contributed by atoms with Crippen LogP contribution in [0.25, 0.3) is 10.7 Å². The highest BCUT2D eigenvalue weighted by Crippen LogP contribution is 2.25. The molecule has 160 valence electrons. The van der Waals surface area contributed by atoms with E-state index in [4.69, 9.17) is 23.1 Å². The van der Waals surface area contributed by atoms with Crippen molar-refractivity contribution < 1.29 is 4.79 Å². The average Bonchev–Trinajstić information content (AvgIpc) is 3.29. The fourth-order valence-electron chi connectivity index (χ4n) is 3.25. The monoisotopic (exact) mass is 443 g/mol. The van der Waals surface area contributed by atoms with E-state index in [9.17, 15) is 4.79 Å². The Balaban J connectivity index is 1.78. The van der Waals surface area contributed by atoms with Gasteiger partial charge < -0.3 is 5.73 Å². The quantitative estimate of drug-likeness (QED) is 0.524. The van der Waals surface area contributed by atoms with Gasteiger partial charge in [-0.1, -0.05) is 51.1 Å². The van der Waals surface area contributed by atoms with Crippen LogP contribution in [-0.2, 0) is 30.0 Å². The molecule has 1 amide bonds. The maximum atomic E-state index is 11.3. The fourth-order valence-corrected chi connectivity index (χ4v) is 4.24. The summed E-state index contributed by atoms with van der Waals surface area (Å²) in [6.07, 6.45) is 0.230. The molecule has 3 rings (SSSR count). The molecule has 0 unspecified atom stereocenters. The summed E-state index contributed by atoms with van der Waals surface area (Å²) < 4.78 is 4.31. The highest BCUT2D eigenvalue weighted by atomic mass is 32.1. The SMILES string of the molecule is CN(Cc1ccc(C(C)(C)C)cc1)Cn1nc(-c2cccs2)n(CCC(N)=O)c1=S. The summed E-state index contributed by atoms with van der Waals surface area (Å²) in [5, 5.41) is 6.75. The number of nitrogens with zero attached hydrogens (tertiary/aromatic N) is 4. The lowest BCUT2D eigenvalue weighted by atomic mass is 9.87. The van der Waals surface area contributed by atoms with Gasteiger partial charge in [0.1, 0.15) is 0 Å². The third-order valence-corrected chi connectivity index (χ3v) is 6.19. The van der Waals surface area contributed by atoms with Gasteiger partial charge in [0.15, 0.2) is 10.6 Å². The number of nitrogens with two attached hydrogens (primary N) is 1. The topological polar surface area (TPSA) is 69.1 Å². The standard InChI is InChI=1S/C22H29N5OS2/c1-22(2,3)17-9-7-16(8-10-17)14-25(4)15-27-21(29)26(12-11-19(23)28)20(24-27)18-6-5-13-30-18/h5-10,13H,11-12,14-15H2,1-4H3,(H2,23,28). The summed E-state index contributed by atoms with van der Waals surface area (Å²) in [6.45, 7) is 8.43. The molecule has 2 heterocycles. The molecule has 0 aliphatic heterocycles. The van der Waals surface area contributed by atoms with Crippen LogP contribution in [0.4, 0.5) is 0 Å². The zero-order chi connectivity index (χ0) is 21.9. The highest BCUT2D eigenvalue weighted by molar-refractivity contribution is 7.71. The van der Waals surface area contributed by atoms with Crippen molar-refractivity contribution in [3.63, 3.8) is 0 Å². The second-order valence-corrected chi connectivity index (χ2v) is 9.87. The van der Waals surface area contributed by atoms with Gasteiger partial charge in [0, 0.05) is 19.5 Å². The van der Waals surface area contributed by atoms with Crippen LogP contribution in [0.1, 0.15) is 38.3 Å². The predicted molar refractivity (Wildman–Crippen MR) is 125 cm³/mol. The molecule has 0 aliphatic carbocycles. The fraction of sp³-hybridized carbons (Fsp3) is 0.409. The van der Waals surface area contributed by atoms with Crippen molar-refractivity contribution in [1.29, 1.82) is 0 Å². The van der Waals surface area contributed by atoms with E-state index in [-0.39, 0.29) is 17.7 Å². The summed E-state index contributed by atoms with van der Waals surface area (Å²) in [4.78, 5) is 14.5. The van der Waals surface area contributed by atoms with E-state index in [1.165, 1.54) is 11.1 Å². The van der Waals surface area contributed by atoms with Crippen LogP contribution in [0.2, 0.25) is 0 Å². The van der Waals surface area contributed by atoms with Crippen molar-refractivity contribution in [3.05, 3.63) is 57.7 Å². The Morgan fingerprint density at radius 1 is 1.23 bits per heavy atom. The summed E-state index contributed by atoms with van der Waals surface area (Å²) in [5.74, 6) is 0.428. The number of primary amides is 1. The summed E-state index contributed by atoms with van der Waals surface area (Å²) >= 11 is 7.27. The number of amides is 1. The van der Waals surface area contributed by atoms with Crippen molar-refractivity contribution in [2.45, 2.75) is 52.4 Å². The molecule has 0 atom stereocenters. The maximum absolute atomic E-state index is 11.3. The molecule has 3 aromatic rings. The predicted octanol–water partition coefficient (Wildman–Crippen LogP) is 4.40. The van der Waals surface area contributed by atoms with Crippen molar-refractivity contribution in [2.24, 2.45) is 5.73 Å². The van der Waals surface area contributed by atoms with E-state index in [2.05, 4.69) is 49.9 Å². The van der Waals surface area contributed by atoms with Crippen molar-refractivity contribution in [2.75, 3.05) is 7.05 Å². The van der Waals surface area contributed by atoms with Gasteiger partial charge in [-0.05, 0) is 47.3 Å². The normalized spacial score (nSPS) is 11.9. The molecule has 1 aromatic carbocycles. The van der Waals surface area contributed by atoms with Crippen LogP contribution < -0.4 is 5.73 Å². The number of thiophene rings is 1. The number of hydrogen-bond donors (Lipinski definition) is 1. The Morgan fingerprint density at radius 2 is 1.93 bits per heavy atom. The van der Waals surface area contributed by atoms with E-state index >= 15 is 0 Å². The molecule has 2 aromatic heterocycles. The van der Waals surface area contributed by atoms with Crippen LogP contribution in [0.15, 0.2) is 41.8 Å². The minimum absolute atomic E-state index is 0.146. The van der Waals surface area contributed by atoms with Crippen LogP contribution in [0.3, 0.4) is 0 Å². The third-order valence-electron chi connectivity index (χ3n) is 4.89. The zero-order valence-corrected chi connectivity index (χ0v) is 19.6. The second kappa shape index (κ2) is 9.24. The number of carbonyl (C=O) groups excluding carboxylic acids is 1. The first-order chi connectivity index (χ1) is 14.1. The average molecular weight is 444 g/mol. The Labute approximate surface area is 186 Å². The minimum Gasteiger partial charge on any atom is -0.370 e. The Hall–Kier alpha value is -2.29. The van der Waals surface area contributed by atoms with Gasteiger partial charge in [0.05, 0.1) is 11.5 Å². The van der Waals surface area contributed by atoms with Gasteiger partial charge >= 0.3 is 0 Å². The molecule has 30 heavy (non-hydrogen) atoms. The van der Waals surface area contributed by atoms with Crippen LogP contribution in [-0.4, -0.2) is 32.2 Å². The van der Waals surface area contributed by atoms with Gasteiger partial charge in [-0.15, -0.1) is 16.4 Å². The first-order valence-electron chi connectivity index (χ1n) is 9.93. The summed E-state index contributed by atoms with van der Waals surface area (Å²) in [5.41, 5.74) is 8.06. The maximum Gasteiger partial charge on any atom is 0.219 e. The molecular formula is C22H29N5OS2. The number of hydrogen-bond acceptors (Lipinski definition) is 5. The number of benzene rings is 1. The largest absolute Gasteiger partial charge is 0.370 e. The molecule has 0 saturated carbocycles. The lowest BCUT2D eigenvalue weighted by Crippen LogP contribution is -2.23. The molecule has 0 aliphatic rings. The Kier molecular flexibility index (Phi) is 6.90. The van der Waals surface area contributed by atoms with Crippen molar-refractivity contribution in [3.8, 4) is 10.7 Å². The Morgan fingerprint density at radius 3 is 2.50 bits per heavy atom. The van der Waals surface area contributed by atoms with Crippen LogP contribution in [0, 0.1) is 4.77 Å². The van der Waals surface area contributed by atoms with E-state index in [0.717, 1.165) is 17.2 Å². The van der Waals surface area contributed by atoms with Gasteiger partial charge in [-0.3, -0.25) is 14.3 Å². The first-order valence-corrected chi connectivity index (χ1v) is 11.2. The van der Waals surface area contributed by atoms with E-state index in [0.29, 0.717) is 18.0 Å². The molecule has 0 fully saturated rings. The van der Waals surface area contributed by atoms with E-state index in [1.54, 1.807) is 11.3 Å². The second-order valence-electron chi connectivity index (χ2n) is 8.55. The molecule has 2 N–H and O–H groups in total. The number of rotatable bonds is 8. The lowest BCUT2D eigenvalue weighted by Gasteiger charge is -2.20. The first kappa shape index (κ1) is 22.4. The van der Waals surface area contributed by atoms with E-state index < -0.39 is 0 Å². The molecule has 0 bridgehead atoms.